The molecule has 0 radical (unpaired) electrons. The molecule has 0 aliphatic carbocycles. The van der Waals surface area contributed by atoms with Crippen LogP contribution in [0.15, 0.2) is 45.7 Å². The van der Waals surface area contributed by atoms with Gasteiger partial charge in [0.05, 0.1) is 18.1 Å². The number of ether oxygens (including phenoxy) is 1. The molecule has 0 atom stereocenters. The van der Waals surface area contributed by atoms with Crippen molar-refractivity contribution in [1.29, 1.82) is 0 Å². The molecule has 116 valence electrons. The Bertz CT molecular complexity index is 757. The molecule has 1 aliphatic rings. The third-order valence-corrected chi connectivity index (χ3v) is 5.40. The normalized spacial score (nSPS) is 16.5. The van der Waals surface area contributed by atoms with E-state index >= 15 is 0 Å². The molecule has 22 heavy (non-hydrogen) atoms. The third kappa shape index (κ3) is 2.83. The fourth-order valence-corrected chi connectivity index (χ4v) is 3.71. The van der Waals surface area contributed by atoms with Crippen molar-refractivity contribution in [1.82, 2.24) is 4.31 Å². The maximum absolute atomic E-state index is 12.5. The Kier molecular flexibility index (Phi) is 4.10. The Morgan fingerprint density at radius 3 is 2.27 bits per heavy atom. The molecule has 0 amide bonds. The molecule has 0 unspecified atom stereocenters. The summed E-state index contributed by atoms with van der Waals surface area (Å²) in [5.41, 5.74) is 0.717. The smallest absolute Gasteiger partial charge is 0.243 e. The molecular weight excluding hydrogens is 306 g/mol. The molecule has 0 spiro atoms. The highest BCUT2D eigenvalue weighted by molar-refractivity contribution is 7.89. The van der Waals surface area contributed by atoms with Crippen molar-refractivity contribution >= 4 is 16.3 Å². The quantitative estimate of drug-likeness (QED) is 0.802. The van der Waals surface area contributed by atoms with Crippen LogP contribution in [0.2, 0.25) is 0 Å². The number of furan rings is 1. The van der Waals surface area contributed by atoms with Crippen molar-refractivity contribution < 1.29 is 22.4 Å². The summed E-state index contributed by atoms with van der Waals surface area (Å²) in [6.45, 7) is 1.56. The van der Waals surface area contributed by atoms with Gasteiger partial charge in [-0.15, -0.1) is 0 Å². The number of rotatable bonds is 4. The monoisotopic (exact) mass is 321 g/mol. The van der Waals surface area contributed by atoms with E-state index in [2.05, 4.69) is 0 Å². The number of carbonyl (C=O) groups excluding carboxylic acids is 1. The van der Waals surface area contributed by atoms with E-state index in [4.69, 9.17) is 9.15 Å². The van der Waals surface area contributed by atoms with Gasteiger partial charge in [0.15, 0.2) is 12.0 Å². The molecule has 0 saturated carbocycles. The number of morpholine rings is 1. The first kappa shape index (κ1) is 15.0. The lowest BCUT2D eigenvalue weighted by atomic mass is 10.2. The fourth-order valence-electron chi connectivity index (χ4n) is 2.30. The van der Waals surface area contributed by atoms with Crippen LogP contribution < -0.4 is 0 Å². The maximum atomic E-state index is 12.5. The number of sulfonamides is 1. The minimum Gasteiger partial charge on any atom is -0.453 e. The summed E-state index contributed by atoms with van der Waals surface area (Å²) >= 11 is 0. The molecule has 2 heterocycles. The van der Waals surface area contributed by atoms with Gasteiger partial charge >= 0.3 is 0 Å². The second kappa shape index (κ2) is 6.04. The Labute approximate surface area is 128 Å². The lowest BCUT2D eigenvalue weighted by Gasteiger charge is -2.26. The van der Waals surface area contributed by atoms with Gasteiger partial charge in [0.1, 0.15) is 5.76 Å². The minimum atomic E-state index is -3.49. The number of aldehydes is 1. The molecule has 3 rings (SSSR count). The molecule has 0 bridgehead atoms. The van der Waals surface area contributed by atoms with Crippen LogP contribution in [0.25, 0.3) is 11.3 Å². The Morgan fingerprint density at radius 1 is 1.00 bits per heavy atom. The van der Waals surface area contributed by atoms with Crippen molar-refractivity contribution in [3.63, 3.8) is 0 Å². The number of nitrogens with zero attached hydrogens (tertiary/aromatic N) is 1. The molecule has 1 aromatic carbocycles. The van der Waals surface area contributed by atoms with E-state index in [9.17, 15) is 13.2 Å². The van der Waals surface area contributed by atoms with E-state index in [0.717, 1.165) is 0 Å². The van der Waals surface area contributed by atoms with E-state index in [0.29, 0.717) is 43.9 Å². The van der Waals surface area contributed by atoms with Gasteiger partial charge < -0.3 is 9.15 Å². The van der Waals surface area contributed by atoms with Crippen LogP contribution in [0.5, 0.6) is 0 Å². The number of benzene rings is 1. The average molecular weight is 321 g/mol. The predicted molar refractivity (Wildman–Crippen MR) is 79.1 cm³/mol. The van der Waals surface area contributed by atoms with Gasteiger partial charge in [-0.1, -0.05) is 0 Å². The van der Waals surface area contributed by atoms with Crippen LogP contribution in [0.3, 0.4) is 0 Å². The molecule has 0 N–H and O–H groups in total. The van der Waals surface area contributed by atoms with Crippen molar-refractivity contribution in [3.05, 3.63) is 42.2 Å². The molecule has 6 nitrogen and oxygen atoms in total. The molecule has 1 fully saturated rings. The van der Waals surface area contributed by atoms with Crippen molar-refractivity contribution in [3.8, 4) is 11.3 Å². The first-order valence-electron chi connectivity index (χ1n) is 6.84. The maximum Gasteiger partial charge on any atom is 0.243 e. The van der Waals surface area contributed by atoms with Crippen molar-refractivity contribution in [2.24, 2.45) is 0 Å². The zero-order chi connectivity index (χ0) is 15.6. The summed E-state index contributed by atoms with van der Waals surface area (Å²) < 4.78 is 36.9. The van der Waals surface area contributed by atoms with Gasteiger partial charge in [-0.25, -0.2) is 8.42 Å². The first-order valence-corrected chi connectivity index (χ1v) is 8.28. The third-order valence-electron chi connectivity index (χ3n) is 3.49. The van der Waals surface area contributed by atoms with E-state index in [1.54, 1.807) is 36.4 Å². The van der Waals surface area contributed by atoms with Gasteiger partial charge in [-0.2, -0.15) is 4.31 Å². The summed E-state index contributed by atoms with van der Waals surface area (Å²) in [7, 11) is -3.49. The summed E-state index contributed by atoms with van der Waals surface area (Å²) in [5, 5.41) is 0. The van der Waals surface area contributed by atoms with Crippen LogP contribution in [0.4, 0.5) is 0 Å². The first-order chi connectivity index (χ1) is 10.6. The summed E-state index contributed by atoms with van der Waals surface area (Å²) in [4.78, 5) is 10.9. The summed E-state index contributed by atoms with van der Waals surface area (Å²) in [6, 6.07) is 9.67. The number of hydrogen-bond donors (Lipinski definition) is 0. The zero-order valence-electron chi connectivity index (χ0n) is 11.8. The van der Waals surface area contributed by atoms with Crippen LogP contribution >= 0.6 is 0 Å². The second-order valence-corrected chi connectivity index (χ2v) is 6.80. The molecule has 2 aromatic rings. The van der Waals surface area contributed by atoms with E-state index in [-0.39, 0.29) is 10.7 Å². The summed E-state index contributed by atoms with van der Waals surface area (Å²) in [6.07, 6.45) is 0.626. The molecular formula is C15H15NO5S. The van der Waals surface area contributed by atoms with Crippen LogP contribution in [-0.4, -0.2) is 45.3 Å². The van der Waals surface area contributed by atoms with Crippen LogP contribution in [0, 0.1) is 0 Å². The Balaban J connectivity index is 1.85. The van der Waals surface area contributed by atoms with Gasteiger partial charge in [0.25, 0.3) is 0 Å². The standard InChI is InChI=1S/C15H15NO5S/c17-11-13-3-6-15(21-13)12-1-4-14(5-2-12)22(18,19)16-7-9-20-10-8-16/h1-6,11H,7-10H2. The largest absolute Gasteiger partial charge is 0.453 e. The number of carbonyl (C=O) groups is 1. The lowest BCUT2D eigenvalue weighted by Crippen LogP contribution is -2.40. The lowest BCUT2D eigenvalue weighted by molar-refractivity contribution is 0.0730. The van der Waals surface area contributed by atoms with E-state index in [1.165, 1.54) is 4.31 Å². The van der Waals surface area contributed by atoms with Crippen molar-refractivity contribution in [2.75, 3.05) is 26.3 Å². The van der Waals surface area contributed by atoms with Gasteiger partial charge in [0, 0.05) is 18.7 Å². The molecule has 1 saturated heterocycles. The van der Waals surface area contributed by atoms with E-state index in [1.807, 2.05) is 0 Å². The SMILES string of the molecule is O=Cc1ccc(-c2ccc(S(=O)(=O)N3CCOCC3)cc2)o1. The highest BCUT2D eigenvalue weighted by Gasteiger charge is 2.26. The minimum absolute atomic E-state index is 0.236. The van der Waals surface area contributed by atoms with Crippen LogP contribution in [-0.2, 0) is 14.8 Å². The number of hydrogen-bond acceptors (Lipinski definition) is 5. The average Bonchev–Trinajstić information content (AvgIpc) is 3.05. The summed E-state index contributed by atoms with van der Waals surface area (Å²) in [5.74, 6) is 0.762. The van der Waals surface area contributed by atoms with Gasteiger partial charge in [-0.05, 0) is 36.4 Å². The van der Waals surface area contributed by atoms with Gasteiger partial charge in [0.2, 0.25) is 10.0 Å². The molecule has 1 aromatic heterocycles. The van der Waals surface area contributed by atoms with Gasteiger partial charge in [-0.3, -0.25) is 4.79 Å². The second-order valence-electron chi connectivity index (χ2n) is 4.86. The Hall–Kier alpha value is -1.96. The Morgan fingerprint density at radius 2 is 1.68 bits per heavy atom. The topological polar surface area (TPSA) is 76.8 Å². The van der Waals surface area contributed by atoms with Crippen LogP contribution in [0.1, 0.15) is 10.6 Å². The van der Waals surface area contributed by atoms with E-state index < -0.39 is 10.0 Å². The highest BCUT2D eigenvalue weighted by Crippen LogP contribution is 2.24. The predicted octanol–water partition coefficient (Wildman–Crippen LogP) is 1.78. The highest BCUT2D eigenvalue weighted by atomic mass is 32.2. The molecule has 7 heteroatoms. The fraction of sp³-hybridized carbons (Fsp3) is 0.267. The zero-order valence-corrected chi connectivity index (χ0v) is 12.6. The van der Waals surface area contributed by atoms with Crippen molar-refractivity contribution in [2.45, 2.75) is 4.90 Å². The molecule has 1 aliphatic heterocycles.